The summed E-state index contributed by atoms with van der Waals surface area (Å²) >= 11 is 3.55. The van der Waals surface area contributed by atoms with Gasteiger partial charge in [-0.25, -0.2) is 0 Å². The molecule has 0 saturated heterocycles. The predicted octanol–water partition coefficient (Wildman–Crippen LogP) is 5.51. The van der Waals surface area contributed by atoms with E-state index in [1.807, 2.05) is 85.8 Å². The number of hydrogen-bond acceptors (Lipinski definition) is 2. The first-order valence-electron chi connectivity index (χ1n) is 10.1. The maximum Gasteiger partial charge on any atom is 0.244 e. The molecule has 1 aliphatic rings. The summed E-state index contributed by atoms with van der Waals surface area (Å²) in [6, 6.07) is 25.1. The van der Waals surface area contributed by atoms with Gasteiger partial charge in [0.05, 0.1) is 12.0 Å². The summed E-state index contributed by atoms with van der Waals surface area (Å²) in [6.07, 6.45) is 0.661. The molecule has 1 N–H and O–H groups in total. The highest BCUT2D eigenvalue weighted by molar-refractivity contribution is 9.10. The van der Waals surface area contributed by atoms with Gasteiger partial charge in [-0.1, -0.05) is 83.5 Å². The van der Waals surface area contributed by atoms with Crippen molar-refractivity contribution in [2.45, 2.75) is 25.3 Å². The van der Waals surface area contributed by atoms with Crippen molar-refractivity contribution in [3.63, 3.8) is 0 Å². The number of hydrogen-bond donors (Lipinski definition) is 1. The minimum atomic E-state index is -0.358. The molecule has 0 bridgehead atoms. The van der Waals surface area contributed by atoms with E-state index in [2.05, 4.69) is 21.2 Å². The summed E-state index contributed by atoms with van der Waals surface area (Å²) in [6.45, 7) is 2.02. The summed E-state index contributed by atoms with van der Waals surface area (Å²) in [7, 11) is 0. The van der Waals surface area contributed by atoms with Gasteiger partial charge in [-0.15, -0.1) is 0 Å². The summed E-state index contributed by atoms with van der Waals surface area (Å²) in [5, 5.41) is 2.98. The maximum absolute atomic E-state index is 13.8. The highest BCUT2D eigenvalue weighted by Gasteiger charge is 2.36. The largest absolute Gasteiger partial charge is 0.324 e. The van der Waals surface area contributed by atoms with Gasteiger partial charge in [-0.2, -0.15) is 0 Å². The third kappa shape index (κ3) is 4.03. The average Bonchev–Trinajstić information content (AvgIpc) is 2.91. The fraction of sp³-hybridized carbons (Fsp3) is 0.200. The van der Waals surface area contributed by atoms with Crippen molar-refractivity contribution in [1.29, 1.82) is 0 Å². The van der Waals surface area contributed by atoms with Crippen molar-refractivity contribution >= 4 is 33.4 Å². The van der Waals surface area contributed by atoms with Crippen LogP contribution in [0.5, 0.6) is 0 Å². The Morgan fingerprint density at radius 3 is 2.40 bits per heavy atom. The van der Waals surface area contributed by atoms with Crippen LogP contribution >= 0.6 is 15.9 Å². The van der Waals surface area contributed by atoms with Crippen molar-refractivity contribution in [3.8, 4) is 0 Å². The zero-order valence-corrected chi connectivity index (χ0v) is 18.3. The van der Waals surface area contributed by atoms with Gasteiger partial charge in [0, 0.05) is 15.7 Å². The molecule has 4 rings (SSSR count). The van der Waals surface area contributed by atoms with Crippen LogP contribution in [0, 0.1) is 0 Å². The van der Waals surface area contributed by atoms with Gasteiger partial charge in [-0.3, -0.25) is 9.59 Å². The number of rotatable bonds is 4. The van der Waals surface area contributed by atoms with Crippen LogP contribution in [0.25, 0.3) is 0 Å². The number of nitrogens with zero attached hydrogens (tertiary/aromatic N) is 1. The van der Waals surface area contributed by atoms with Crippen LogP contribution in [0.15, 0.2) is 83.3 Å². The van der Waals surface area contributed by atoms with Crippen LogP contribution < -0.4 is 5.32 Å². The molecule has 0 spiro atoms. The molecule has 4 nitrogen and oxygen atoms in total. The molecule has 2 atom stereocenters. The van der Waals surface area contributed by atoms with E-state index in [1.165, 1.54) is 0 Å². The molecular weight excluding hydrogens is 440 g/mol. The smallest absolute Gasteiger partial charge is 0.244 e. The lowest BCUT2D eigenvalue weighted by Crippen LogP contribution is -2.41. The molecule has 2 amide bonds. The topological polar surface area (TPSA) is 49.4 Å². The molecule has 0 unspecified atom stereocenters. The monoisotopic (exact) mass is 462 g/mol. The van der Waals surface area contributed by atoms with Gasteiger partial charge < -0.3 is 10.2 Å². The first kappa shape index (κ1) is 20.4. The molecule has 0 radical (unpaired) electrons. The Labute approximate surface area is 185 Å². The lowest BCUT2D eigenvalue weighted by atomic mass is 9.91. The Bertz CT molecular complexity index is 1050. The van der Waals surface area contributed by atoms with E-state index in [-0.39, 0.29) is 30.3 Å². The van der Waals surface area contributed by atoms with Crippen LogP contribution in [-0.4, -0.2) is 23.3 Å². The van der Waals surface area contributed by atoms with Gasteiger partial charge in [0.1, 0.15) is 6.54 Å². The number of carbonyl (C=O) groups is 2. The number of halogens is 1. The standard InChI is InChI=1S/C25H23BrN2O2/c1-2-20(17-9-5-3-6-10-17)25(30)28-16-23(29)27-22-14-13-19(26)15-21(22)24(28)18-11-7-4-8-12-18/h3-15,20,24H,2,16H2,1H3,(H,27,29)/t20-,24+/m0/s1. The van der Waals surface area contributed by atoms with Crippen LogP contribution in [0.2, 0.25) is 0 Å². The van der Waals surface area contributed by atoms with Crippen LogP contribution in [0.3, 0.4) is 0 Å². The third-order valence-corrected chi connectivity index (χ3v) is 6.01. The summed E-state index contributed by atoms with van der Waals surface area (Å²) in [5.74, 6) is -0.535. The van der Waals surface area contributed by atoms with E-state index in [0.29, 0.717) is 6.42 Å². The molecule has 0 fully saturated rings. The van der Waals surface area contributed by atoms with Gasteiger partial charge in [0.15, 0.2) is 0 Å². The lowest BCUT2D eigenvalue weighted by Gasteiger charge is -2.33. The average molecular weight is 463 g/mol. The predicted molar refractivity (Wildman–Crippen MR) is 122 cm³/mol. The van der Waals surface area contributed by atoms with Crippen LogP contribution in [0.4, 0.5) is 5.69 Å². The molecule has 1 aliphatic heterocycles. The summed E-state index contributed by atoms with van der Waals surface area (Å²) in [4.78, 5) is 28.3. The van der Waals surface area contributed by atoms with E-state index in [0.717, 1.165) is 26.9 Å². The fourth-order valence-corrected chi connectivity index (χ4v) is 4.49. The molecule has 3 aromatic carbocycles. The van der Waals surface area contributed by atoms with E-state index < -0.39 is 0 Å². The maximum atomic E-state index is 13.8. The zero-order valence-electron chi connectivity index (χ0n) is 16.7. The van der Waals surface area contributed by atoms with Crippen molar-refractivity contribution in [1.82, 2.24) is 4.90 Å². The third-order valence-electron chi connectivity index (χ3n) is 5.51. The van der Waals surface area contributed by atoms with Crippen molar-refractivity contribution in [3.05, 3.63) is 100 Å². The Kier molecular flexibility index (Phi) is 6.00. The second-order valence-electron chi connectivity index (χ2n) is 7.43. The number of carbonyl (C=O) groups excluding carboxylic acids is 2. The first-order chi connectivity index (χ1) is 14.6. The van der Waals surface area contributed by atoms with E-state index in [4.69, 9.17) is 0 Å². The number of amides is 2. The number of nitrogens with one attached hydrogen (secondary N) is 1. The normalized spacial score (nSPS) is 16.9. The van der Waals surface area contributed by atoms with Crippen LogP contribution in [0.1, 0.15) is 42.0 Å². The molecule has 0 saturated carbocycles. The number of benzene rings is 3. The minimum absolute atomic E-state index is 0.00796. The fourth-order valence-electron chi connectivity index (χ4n) is 4.12. The van der Waals surface area contributed by atoms with Crippen LogP contribution in [-0.2, 0) is 9.59 Å². The van der Waals surface area contributed by atoms with Crippen molar-refractivity contribution in [2.75, 3.05) is 11.9 Å². The Balaban J connectivity index is 1.85. The highest BCUT2D eigenvalue weighted by Crippen LogP contribution is 2.39. The van der Waals surface area contributed by atoms with Gasteiger partial charge >= 0.3 is 0 Å². The molecule has 0 aromatic heterocycles. The Morgan fingerprint density at radius 2 is 1.73 bits per heavy atom. The van der Waals surface area contributed by atoms with E-state index in [9.17, 15) is 9.59 Å². The van der Waals surface area contributed by atoms with Gasteiger partial charge in [0.25, 0.3) is 0 Å². The Hall–Kier alpha value is -2.92. The minimum Gasteiger partial charge on any atom is -0.324 e. The number of anilines is 1. The van der Waals surface area contributed by atoms with Crippen molar-refractivity contribution < 1.29 is 9.59 Å². The molecule has 5 heteroatoms. The lowest BCUT2D eigenvalue weighted by molar-refractivity contribution is -0.137. The quantitative estimate of drug-likeness (QED) is 0.555. The van der Waals surface area contributed by atoms with Gasteiger partial charge in [0.2, 0.25) is 11.8 Å². The molecular formula is C25H23BrN2O2. The zero-order chi connectivity index (χ0) is 21.1. The second kappa shape index (κ2) is 8.84. The summed E-state index contributed by atoms with van der Waals surface area (Å²) in [5.41, 5.74) is 3.58. The van der Waals surface area contributed by atoms with Crippen molar-refractivity contribution in [2.24, 2.45) is 0 Å². The SMILES string of the molecule is CC[C@H](C(=O)N1CC(=O)Nc2ccc(Br)cc2[C@H]1c1ccccc1)c1ccccc1. The molecule has 152 valence electrons. The second-order valence-corrected chi connectivity index (χ2v) is 8.35. The number of fused-ring (bicyclic) bond motifs is 1. The summed E-state index contributed by atoms with van der Waals surface area (Å²) < 4.78 is 0.904. The molecule has 3 aromatic rings. The first-order valence-corrected chi connectivity index (χ1v) is 10.9. The molecule has 1 heterocycles. The highest BCUT2D eigenvalue weighted by atomic mass is 79.9. The van der Waals surface area contributed by atoms with E-state index in [1.54, 1.807) is 4.90 Å². The van der Waals surface area contributed by atoms with Gasteiger partial charge in [-0.05, 0) is 35.7 Å². The Morgan fingerprint density at radius 1 is 1.07 bits per heavy atom. The molecule has 0 aliphatic carbocycles. The van der Waals surface area contributed by atoms with E-state index >= 15 is 0 Å². The molecule has 30 heavy (non-hydrogen) atoms.